The first-order chi connectivity index (χ1) is 24.3. The Morgan fingerprint density at radius 2 is 0.840 bits per heavy atom. The van der Waals surface area contributed by atoms with Gasteiger partial charge in [0.2, 0.25) is 0 Å². The van der Waals surface area contributed by atoms with E-state index in [0.717, 1.165) is 17.1 Å². The van der Waals surface area contributed by atoms with Gasteiger partial charge in [-0.1, -0.05) is 125 Å². The van der Waals surface area contributed by atoms with Crippen molar-refractivity contribution in [3.05, 3.63) is 180 Å². The zero-order valence-electron chi connectivity index (χ0n) is 28.9. The van der Waals surface area contributed by atoms with Crippen molar-refractivity contribution in [1.29, 1.82) is 0 Å². The molecule has 7 aromatic carbocycles. The summed E-state index contributed by atoms with van der Waals surface area (Å²) in [6, 6.07) is 58.5. The highest BCUT2D eigenvalue weighted by atomic mass is 15.1. The third-order valence-electron chi connectivity index (χ3n) is 11.6. The number of para-hydroxylation sites is 2. The molecule has 0 saturated carbocycles. The predicted octanol–water partition coefficient (Wildman–Crippen LogP) is 12.9. The number of nitrogens with zero attached hydrogens (tertiary/aromatic N) is 2. The van der Waals surface area contributed by atoms with Crippen molar-refractivity contribution >= 4 is 38.9 Å². The molecule has 0 bridgehead atoms. The van der Waals surface area contributed by atoms with Crippen molar-refractivity contribution in [3.8, 4) is 27.9 Å². The number of hydrogen-bond acceptors (Lipinski definition) is 1. The van der Waals surface area contributed by atoms with Crippen LogP contribution in [0.3, 0.4) is 0 Å². The summed E-state index contributed by atoms with van der Waals surface area (Å²) in [4.78, 5) is 2.45. The van der Waals surface area contributed by atoms with Crippen LogP contribution in [-0.4, -0.2) is 4.57 Å². The van der Waals surface area contributed by atoms with Gasteiger partial charge < -0.3 is 9.47 Å². The van der Waals surface area contributed by atoms with E-state index in [1.807, 2.05) is 0 Å². The normalized spacial score (nSPS) is 14.7. The third-order valence-corrected chi connectivity index (χ3v) is 11.6. The molecule has 0 atom stereocenters. The molecule has 0 fully saturated rings. The Morgan fingerprint density at radius 1 is 0.380 bits per heavy atom. The largest absolute Gasteiger partial charge is 0.310 e. The SMILES string of the molecule is CC1(C)c2ccccc2-c2cc(N(c3ccc(-n4c5ccccc5c5ccccc54)cc3)c3ccc4c(c3)C(C)(C)c3ccccc3-4)ccc21. The van der Waals surface area contributed by atoms with E-state index >= 15 is 0 Å². The molecule has 1 heterocycles. The molecule has 0 radical (unpaired) electrons. The van der Waals surface area contributed by atoms with Gasteiger partial charge in [0.25, 0.3) is 0 Å². The molecule has 2 aliphatic carbocycles. The summed E-state index contributed by atoms with van der Waals surface area (Å²) < 4.78 is 2.39. The molecule has 8 aromatic rings. The van der Waals surface area contributed by atoms with Gasteiger partial charge in [-0.05, 0) is 105 Å². The maximum atomic E-state index is 2.45. The van der Waals surface area contributed by atoms with Crippen LogP contribution in [0.5, 0.6) is 0 Å². The van der Waals surface area contributed by atoms with Crippen LogP contribution in [0.15, 0.2) is 158 Å². The molecule has 0 saturated heterocycles. The Kier molecular flexibility index (Phi) is 6.01. The zero-order valence-corrected chi connectivity index (χ0v) is 28.9. The summed E-state index contributed by atoms with van der Waals surface area (Å²) in [5, 5.41) is 2.55. The lowest BCUT2D eigenvalue weighted by Crippen LogP contribution is -2.17. The summed E-state index contributed by atoms with van der Waals surface area (Å²) in [6.07, 6.45) is 0. The molecule has 2 heteroatoms. The summed E-state index contributed by atoms with van der Waals surface area (Å²) in [7, 11) is 0. The molecule has 0 aliphatic heterocycles. The molecule has 240 valence electrons. The van der Waals surface area contributed by atoms with Crippen LogP contribution >= 0.6 is 0 Å². The molecule has 0 spiro atoms. The van der Waals surface area contributed by atoms with Crippen LogP contribution < -0.4 is 4.90 Å². The number of fused-ring (bicyclic) bond motifs is 9. The summed E-state index contributed by atoms with van der Waals surface area (Å²) in [5.74, 6) is 0. The van der Waals surface area contributed by atoms with Crippen molar-refractivity contribution in [2.45, 2.75) is 38.5 Å². The van der Waals surface area contributed by atoms with E-state index in [0.29, 0.717) is 0 Å². The van der Waals surface area contributed by atoms with Crippen LogP contribution in [0.25, 0.3) is 49.7 Å². The molecule has 0 amide bonds. The van der Waals surface area contributed by atoms with Gasteiger partial charge in [-0.2, -0.15) is 0 Å². The smallest absolute Gasteiger partial charge is 0.0541 e. The van der Waals surface area contributed by atoms with Crippen LogP contribution in [0.4, 0.5) is 17.1 Å². The fraction of sp³-hybridized carbons (Fsp3) is 0.125. The topological polar surface area (TPSA) is 8.17 Å². The van der Waals surface area contributed by atoms with Gasteiger partial charge in [-0.15, -0.1) is 0 Å². The van der Waals surface area contributed by atoms with E-state index in [9.17, 15) is 0 Å². The van der Waals surface area contributed by atoms with E-state index in [-0.39, 0.29) is 10.8 Å². The summed E-state index contributed by atoms with van der Waals surface area (Å²) in [6.45, 7) is 9.42. The lowest BCUT2D eigenvalue weighted by atomic mass is 9.82. The van der Waals surface area contributed by atoms with Crippen LogP contribution in [-0.2, 0) is 10.8 Å². The van der Waals surface area contributed by atoms with Crippen molar-refractivity contribution in [3.63, 3.8) is 0 Å². The van der Waals surface area contributed by atoms with Crippen LogP contribution in [0.1, 0.15) is 49.9 Å². The lowest BCUT2D eigenvalue weighted by Gasteiger charge is -2.29. The minimum atomic E-state index is -0.0884. The van der Waals surface area contributed by atoms with Gasteiger partial charge >= 0.3 is 0 Å². The van der Waals surface area contributed by atoms with E-state index in [2.05, 4.69) is 195 Å². The van der Waals surface area contributed by atoms with Gasteiger partial charge in [0.1, 0.15) is 0 Å². The van der Waals surface area contributed by atoms with Crippen LogP contribution in [0.2, 0.25) is 0 Å². The predicted molar refractivity (Wildman–Crippen MR) is 211 cm³/mol. The fourth-order valence-electron chi connectivity index (χ4n) is 9.08. The van der Waals surface area contributed by atoms with Crippen molar-refractivity contribution < 1.29 is 0 Å². The molecule has 50 heavy (non-hydrogen) atoms. The zero-order chi connectivity index (χ0) is 33.8. The van der Waals surface area contributed by atoms with Crippen molar-refractivity contribution in [1.82, 2.24) is 4.57 Å². The Hall–Kier alpha value is -5.86. The third kappa shape index (κ3) is 3.96. The molecule has 0 N–H and O–H groups in total. The molecule has 10 rings (SSSR count). The summed E-state index contributed by atoms with van der Waals surface area (Å²) in [5.41, 5.74) is 17.8. The lowest BCUT2D eigenvalue weighted by molar-refractivity contribution is 0.660. The molecule has 2 aliphatic rings. The van der Waals surface area contributed by atoms with E-state index in [1.165, 1.54) is 72.0 Å². The highest BCUT2D eigenvalue weighted by Gasteiger charge is 2.37. The molecular weight excluding hydrogens is 605 g/mol. The minimum absolute atomic E-state index is 0.0391. The number of hydrogen-bond donors (Lipinski definition) is 0. The minimum Gasteiger partial charge on any atom is -0.310 e. The van der Waals surface area contributed by atoms with Crippen molar-refractivity contribution in [2.75, 3.05) is 4.90 Å². The molecule has 0 unspecified atom stereocenters. The highest BCUT2D eigenvalue weighted by Crippen LogP contribution is 2.53. The number of anilines is 3. The first-order valence-electron chi connectivity index (χ1n) is 17.7. The Labute approximate surface area is 293 Å². The van der Waals surface area contributed by atoms with Gasteiger partial charge in [0.15, 0.2) is 0 Å². The van der Waals surface area contributed by atoms with E-state index < -0.39 is 0 Å². The Bertz CT molecular complexity index is 2600. The average Bonchev–Trinajstić information content (AvgIpc) is 3.69. The van der Waals surface area contributed by atoms with Gasteiger partial charge in [0.05, 0.1) is 11.0 Å². The average molecular weight is 643 g/mol. The number of aromatic nitrogens is 1. The Balaban J connectivity index is 1.16. The monoisotopic (exact) mass is 642 g/mol. The first kappa shape index (κ1) is 29.1. The Morgan fingerprint density at radius 3 is 1.50 bits per heavy atom. The molecule has 1 aromatic heterocycles. The second-order valence-corrected chi connectivity index (χ2v) is 15.0. The van der Waals surface area contributed by atoms with Gasteiger partial charge in [-0.25, -0.2) is 0 Å². The number of rotatable bonds is 4. The second kappa shape index (κ2) is 10.3. The number of benzene rings is 7. The van der Waals surface area contributed by atoms with E-state index in [1.54, 1.807) is 0 Å². The van der Waals surface area contributed by atoms with Gasteiger partial charge in [0, 0.05) is 44.4 Å². The maximum Gasteiger partial charge on any atom is 0.0541 e. The first-order valence-corrected chi connectivity index (χ1v) is 17.7. The van der Waals surface area contributed by atoms with E-state index in [4.69, 9.17) is 0 Å². The quantitative estimate of drug-likeness (QED) is 0.185. The van der Waals surface area contributed by atoms with Gasteiger partial charge in [-0.3, -0.25) is 0 Å². The second-order valence-electron chi connectivity index (χ2n) is 15.0. The molecular formula is C48H38N2. The standard InChI is InChI=1S/C48H38N2/c1-47(2)42-18-10-6-14-36(42)40-29-33(26-28-43(40)47)49(34-25-27-37-35-13-5-9-17-41(35)48(3,4)44(37)30-34)31-21-23-32(24-22-31)50-45-19-11-7-15-38(45)39-16-8-12-20-46(39)50/h5-30H,1-4H3. The van der Waals surface area contributed by atoms with Crippen LogP contribution in [0, 0.1) is 0 Å². The highest BCUT2D eigenvalue weighted by molar-refractivity contribution is 6.09. The van der Waals surface area contributed by atoms with Crippen molar-refractivity contribution in [2.24, 2.45) is 0 Å². The fourth-order valence-corrected chi connectivity index (χ4v) is 9.08. The summed E-state index contributed by atoms with van der Waals surface area (Å²) >= 11 is 0. The molecule has 2 nitrogen and oxygen atoms in total. The maximum absolute atomic E-state index is 2.45.